The van der Waals surface area contributed by atoms with Crippen molar-refractivity contribution in [3.05, 3.63) is 57.7 Å². The fourth-order valence-corrected chi connectivity index (χ4v) is 5.49. The number of nitrogens with zero attached hydrogens (tertiary/aromatic N) is 2. The lowest BCUT2D eigenvalue weighted by Crippen LogP contribution is -2.50. The van der Waals surface area contributed by atoms with Gasteiger partial charge in [0.05, 0.1) is 22.1 Å². The van der Waals surface area contributed by atoms with Gasteiger partial charge in [0, 0.05) is 12.3 Å². The van der Waals surface area contributed by atoms with E-state index in [4.69, 9.17) is 37.4 Å². The Bertz CT molecular complexity index is 1190. The molecule has 8 nitrogen and oxygen atoms in total. The number of amides is 1. The molecular formula is C27H30Cl2N2O6. The summed E-state index contributed by atoms with van der Waals surface area (Å²) in [5, 5.41) is 10.9. The fourth-order valence-electron chi connectivity index (χ4n) is 4.78. The molecule has 1 saturated heterocycles. The highest BCUT2D eigenvalue weighted by Crippen LogP contribution is 2.43. The van der Waals surface area contributed by atoms with Crippen molar-refractivity contribution in [1.82, 2.24) is 9.88 Å². The molecule has 1 N–H and O–H groups in total. The predicted octanol–water partition coefficient (Wildman–Crippen LogP) is 6.02. The van der Waals surface area contributed by atoms with Gasteiger partial charge in [0.1, 0.15) is 24.7 Å². The first-order valence-corrected chi connectivity index (χ1v) is 12.8. The first-order chi connectivity index (χ1) is 17.4. The summed E-state index contributed by atoms with van der Waals surface area (Å²) in [6, 6.07) is 6.30. The Morgan fingerprint density at radius 1 is 1.11 bits per heavy atom. The SMILES string of the molecule is Cc1cc(Cl)c(OCCOc2ccc(C3=CC4CCC(C3C(=O)O)N4C(=O)OC(C)(C)C)cn2)c(Cl)c1. The highest BCUT2D eigenvalue weighted by atomic mass is 35.5. The lowest BCUT2D eigenvalue weighted by atomic mass is 9.84. The number of pyridine rings is 1. The number of aromatic nitrogens is 1. The van der Waals surface area contributed by atoms with Crippen molar-refractivity contribution in [2.45, 2.75) is 58.2 Å². The topological polar surface area (TPSA) is 98.2 Å². The van der Waals surface area contributed by atoms with Crippen LogP contribution in [0.3, 0.4) is 0 Å². The summed E-state index contributed by atoms with van der Waals surface area (Å²) in [6.45, 7) is 7.69. The van der Waals surface area contributed by atoms with Crippen molar-refractivity contribution in [3.8, 4) is 11.6 Å². The summed E-state index contributed by atoms with van der Waals surface area (Å²) in [5.74, 6) is -1.09. The van der Waals surface area contributed by atoms with Crippen LogP contribution in [0.4, 0.5) is 4.79 Å². The minimum Gasteiger partial charge on any atom is -0.487 e. The number of carbonyl (C=O) groups is 2. The molecule has 2 aliphatic heterocycles. The van der Waals surface area contributed by atoms with Crippen molar-refractivity contribution in [2.24, 2.45) is 5.92 Å². The molecular weight excluding hydrogens is 519 g/mol. The van der Waals surface area contributed by atoms with Gasteiger partial charge in [-0.1, -0.05) is 29.3 Å². The molecule has 2 bridgehead atoms. The Kier molecular flexibility index (Phi) is 7.90. The lowest BCUT2D eigenvalue weighted by Gasteiger charge is -2.38. The number of halogens is 2. The van der Waals surface area contributed by atoms with E-state index in [2.05, 4.69) is 4.98 Å². The third-order valence-corrected chi connectivity index (χ3v) is 6.79. The largest absolute Gasteiger partial charge is 0.487 e. The van der Waals surface area contributed by atoms with Gasteiger partial charge in [0.15, 0.2) is 5.75 Å². The van der Waals surface area contributed by atoms with Gasteiger partial charge in [-0.3, -0.25) is 9.69 Å². The highest BCUT2D eigenvalue weighted by molar-refractivity contribution is 6.37. The molecule has 3 unspecified atom stereocenters. The quantitative estimate of drug-likeness (QED) is 0.422. The minimum atomic E-state index is -0.990. The van der Waals surface area contributed by atoms with Gasteiger partial charge in [-0.15, -0.1) is 0 Å². The number of benzene rings is 1. The second kappa shape index (κ2) is 10.8. The second-order valence-electron chi connectivity index (χ2n) is 10.2. The van der Waals surface area contributed by atoms with Crippen molar-refractivity contribution >= 4 is 40.8 Å². The Labute approximate surface area is 226 Å². The zero-order valence-corrected chi connectivity index (χ0v) is 22.7. The molecule has 10 heteroatoms. The van der Waals surface area contributed by atoms with Gasteiger partial charge >= 0.3 is 12.1 Å². The number of fused-ring (bicyclic) bond motifs is 2. The minimum absolute atomic E-state index is 0.210. The molecule has 0 saturated carbocycles. The van der Waals surface area contributed by atoms with Crippen LogP contribution in [0.1, 0.15) is 44.7 Å². The number of carboxylic acid groups (broad SMARTS) is 1. The van der Waals surface area contributed by atoms with Crippen LogP contribution < -0.4 is 9.47 Å². The first kappa shape index (κ1) is 27.1. The standard InChI is InChI=1S/C27H30Cl2N2O6/c1-15-11-19(28)24(20(29)12-15)36-10-9-35-22-8-5-16(14-30-22)18-13-17-6-7-21(23(18)25(32)33)31(17)26(34)37-27(2,3)4/h5,8,11-14,17,21,23H,6-7,9-10H2,1-4H3,(H,32,33). The van der Waals surface area contributed by atoms with E-state index in [1.165, 1.54) is 0 Å². The highest BCUT2D eigenvalue weighted by Gasteiger charge is 2.49. The van der Waals surface area contributed by atoms with E-state index in [0.29, 0.717) is 45.7 Å². The zero-order valence-electron chi connectivity index (χ0n) is 21.2. The maximum absolute atomic E-state index is 12.8. The van der Waals surface area contributed by atoms with Crippen LogP contribution in [0.25, 0.3) is 5.57 Å². The first-order valence-electron chi connectivity index (χ1n) is 12.1. The number of aliphatic carboxylic acids is 1. The summed E-state index contributed by atoms with van der Waals surface area (Å²) in [4.78, 5) is 31.1. The molecule has 2 aliphatic rings. The van der Waals surface area contributed by atoms with Crippen LogP contribution in [-0.4, -0.2) is 58.0 Å². The van der Waals surface area contributed by atoms with Crippen molar-refractivity contribution in [3.63, 3.8) is 0 Å². The molecule has 1 aromatic carbocycles. The van der Waals surface area contributed by atoms with E-state index in [0.717, 1.165) is 5.56 Å². The van der Waals surface area contributed by atoms with Gasteiger partial charge < -0.3 is 19.3 Å². The van der Waals surface area contributed by atoms with E-state index >= 15 is 0 Å². The molecule has 0 aliphatic carbocycles. The fraction of sp³-hybridized carbons (Fsp3) is 0.444. The van der Waals surface area contributed by atoms with Gasteiger partial charge in [-0.05, 0) is 75.4 Å². The molecule has 3 atom stereocenters. The van der Waals surface area contributed by atoms with Crippen LogP contribution in [0.15, 0.2) is 36.5 Å². The van der Waals surface area contributed by atoms with E-state index in [1.807, 2.05) is 13.0 Å². The monoisotopic (exact) mass is 548 g/mol. The summed E-state index contributed by atoms with van der Waals surface area (Å²) >= 11 is 12.4. The summed E-state index contributed by atoms with van der Waals surface area (Å²) in [5.41, 5.74) is 1.59. The van der Waals surface area contributed by atoms with Crippen LogP contribution in [0.2, 0.25) is 10.0 Å². The Morgan fingerprint density at radius 3 is 2.38 bits per heavy atom. The van der Waals surface area contributed by atoms with Crippen LogP contribution in [-0.2, 0) is 9.53 Å². The molecule has 2 aromatic rings. The number of aryl methyl sites for hydroxylation is 1. The molecule has 0 radical (unpaired) electrons. The van der Waals surface area contributed by atoms with Gasteiger partial charge in [0.2, 0.25) is 5.88 Å². The average molecular weight is 549 g/mol. The third kappa shape index (κ3) is 6.13. The Balaban J connectivity index is 1.42. The number of ether oxygens (including phenoxy) is 3. The molecule has 1 fully saturated rings. The van der Waals surface area contributed by atoms with Crippen molar-refractivity contribution in [2.75, 3.05) is 13.2 Å². The molecule has 1 aromatic heterocycles. The maximum atomic E-state index is 12.8. The summed E-state index contributed by atoms with van der Waals surface area (Å²) in [6.07, 6.45) is 4.23. The zero-order chi connectivity index (χ0) is 26.9. The van der Waals surface area contributed by atoms with Crippen molar-refractivity contribution in [1.29, 1.82) is 0 Å². The number of hydrogen-bond acceptors (Lipinski definition) is 6. The number of carbonyl (C=O) groups excluding carboxylic acids is 1. The van der Waals surface area contributed by atoms with Gasteiger partial charge in [-0.2, -0.15) is 0 Å². The number of rotatable bonds is 7. The van der Waals surface area contributed by atoms with E-state index in [9.17, 15) is 14.7 Å². The lowest BCUT2D eigenvalue weighted by molar-refractivity contribution is -0.141. The van der Waals surface area contributed by atoms with Gasteiger partial charge in [0.25, 0.3) is 0 Å². The Morgan fingerprint density at radius 2 is 1.78 bits per heavy atom. The predicted molar refractivity (Wildman–Crippen MR) is 140 cm³/mol. The van der Waals surface area contributed by atoms with Crippen molar-refractivity contribution < 1.29 is 28.9 Å². The normalized spacial score (nSPS) is 20.9. The maximum Gasteiger partial charge on any atom is 0.411 e. The van der Waals surface area contributed by atoms with Crippen LogP contribution in [0, 0.1) is 12.8 Å². The average Bonchev–Trinajstić information content (AvgIpc) is 3.10. The molecule has 0 spiro atoms. The summed E-state index contributed by atoms with van der Waals surface area (Å²) in [7, 11) is 0. The van der Waals surface area contributed by atoms with Crippen LogP contribution >= 0.6 is 23.2 Å². The van der Waals surface area contributed by atoms with Gasteiger partial charge in [-0.25, -0.2) is 9.78 Å². The van der Waals surface area contributed by atoms with Crippen LogP contribution in [0.5, 0.6) is 11.6 Å². The van der Waals surface area contributed by atoms with E-state index < -0.39 is 29.6 Å². The molecule has 1 amide bonds. The molecule has 4 rings (SSSR count). The number of carboxylic acids is 1. The molecule has 37 heavy (non-hydrogen) atoms. The Hall–Kier alpha value is -2.97. The molecule has 3 heterocycles. The van der Waals surface area contributed by atoms with E-state index in [1.54, 1.807) is 56.1 Å². The van der Waals surface area contributed by atoms with E-state index in [-0.39, 0.29) is 19.3 Å². The third-order valence-electron chi connectivity index (χ3n) is 6.23. The smallest absolute Gasteiger partial charge is 0.411 e. The summed E-state index contributed by atoms with van der Waals surface area (Å²) < 4.78 is 16.9. The second-order valence-corrected chi connectivity index (χ2v) is 11.0. The molecule has 198 valence electrons. The number of hydrogen-bond donors (Lipinski definition) is 1.